The van der Waals surface area contributed by atoms with Gasteiger partial charge in [0.05, 0.1) is 11.2 Å². The Kier molecular flexibility index (Phi) is 7.23. The number of aryl methyl sites for hydroxylation is 1. The molecule has 5 nitrogen and oxygen atoms in total. The number of hydrogen-bond acceptors (Lipinski definition) is 3. The number of sulfonamides is 1. The molecule has 0 fully saturated rings. The molecule has 0 saturated carbocycles. The van der Waals surface area contributed by atoms with Crippen LogP contribution >= 0.6 is 0 Å². The van der Waals surface area contributed by atoms with Crippen molar-refractivity contribution in [3.05, 3.63) is 47.5 Å². The fourth-order valence-corrected chi connectivity index (χ4v) is 4.93. The molecular formula is C21H33N3O2S. The molecule has 0 aliphatic rings. The van der Waals surface area contributed by atoms with Crippen molar-refractivity contribution in [2.75, 3.05) is 6.54 Å². The number of rotatable bonds is 9. The van der Waals surface area contributed by atoms with E-state index in [-0.39, 0.29) is 11.8 Å². The monoisotopic (exact) mass is 391 g/mol. The molecule has 0 radical (unpaired) electrons. The number of imidazole rings is 1. The van der Waals surface area contributed by atoms with Gasteiger partial charge in [-0.3, -0.25) is 0 Å². The van der Waals surface area contributed by atoms with Gasteiger partial charge < -0.3 is 4.57 Å². The third-order valence-electron chi connectivity index (χ3n) is 4.79. The first-order valence-corrected chi connectivity index (χ1v) is 11.2. The summed E-state index contributed by atoms with van der Waals surface area (Å²) in [5.74, 6) is 0.636. The molecular weight excluding hydrogens is 358 g/mol. The Hall–Kier alpha value is -1.66. The van der Waals surface area contributed by atoms with E-state index in [1.54, 1.807) is 12.5 Å². The third-order valence-corrected chi connectivity index (χ3v) is 6.39. The minimum absolute atomic E-state index is 0.138. The zero-order valence-electron chi connectivity index (χ0n) is 17.4. The number of benzene rings is 1. The van der Waals surface area contributed by atoms with Crippen LogP contribution in [0, 0.1) is 0 Å². The van der Waals surface area contributed by atoms with Crippen LogP contribution in [0.25, 0.3) is 0 Å². The molecule has 2 rings (SSSR count). The van der Waals surface area contributed by atoms with Gasteiger partial charge in [-0.2, -0.15) is 0 Å². The van der Waals surface area contributed by atoms with Gasteiger partial charge in [0.15, 0.2) is 0 Å². The molecule has 1 heterocycles. The molecule has 6 heteroatoms. The molecule has 1 N–H and O–H groups in total. The lowest BCUT2D eigenvalue weighted by atomic mass is 9.89. The van der Waals surface area contributed by atoms with Gasteiger partial charge in [-0.15, -0.1) is 0 Å². The van der Waals surface area contributed by atoms with Crippen molar-refractivity contribution < 1.29 is 8.42 Å². The van der Waals surface area contributed by atoms with Crippen LogP contribution in [-0.4, -0.2) is 24.5 Å². The van der Waals surface area contributed by atoms with Gasteiger partial charge in [0, 0.05) is 25.5 Å². The third kappa shape index (κ3) is 5.42. The van der Waals surface area contributed by atoms with Gasteiger partial charge in [0.25, 0.3) is 0 Å². The van der Waals surface area contributed by atoms with Gasteiger partial charge in [0.1, 0.15) is 0 Å². The normalized spacial score (nSPS) is 12.5. The van der Waals surface area contributed by atoms with E-state index in [1.807, 2.05) is 10.8 Å². The second-order valence-corrected chi connectivity index (χ2v) is 9.75. The largest absolute Gasteiger partial charge is 0.337 e. The molecule has 0 unspecified atom stereocenters. The van der Waals surface area contributed by atoms with E-state index >= 15 is 0 Å². The molecule has 0 amide bonds. The SMILES string of the molecule is CC(C)c1cc(C(C)C)c(S(=O)(=O)NCCCn2ccnc2)c(C(C)C)c1. The minimum Gasteiger partial charge on any atom is -0.337 e. The topological polar surface area (TPSA) is 64.0 Å². The fourth-order valence-electron chi connectivity index (χ4n) is 3.16. The van der Waals surface area contributed by atoms with Crippen molar-refractivity contribution in [2.45, 2.75) is 77.2 Å². The first-order valence-electron chi connectivity index (χ1n) is 9.76. The average Bonchev–Trinajstić information content (AvgIpc) is 3.10. The van der Waals surface area contributed by atoms with E-state index in [0.717, 1.165) is 17.7 Å². The van der Waals surface area contributed by atoms with Gasteiger partial charge in [-0.25, -0.2) is 18.1 Å². The Morgan fingerprint density at radius 2 is 1.59 bits per heavy atom. The summed E-state index contributed by atoms with van der Waals surface area (Å²) >= 11 is 0. The Morgan fingerprint density at radius 1 is 1.00 bits per heavy atom. The Labute approximate surface area is 164 Å². The van der Waals surface area contributed by atoms with Crippen molar-refractivity contribution in [1.82, 2.24) is 14.3 Å². The van der Waals surface area contributed by atoms with Crippen molar-refractivity contribution in [3.8, 4) is 0 Å². The Bertz CT molecular complexity index is 809. The second-order valence-electron chi connectivity index (χ2n) is 8.04. The summed E-state index contributed by atoms with van der Waals surface area (Å²) in [6.45, 7) is 13.7. The summed E-state index contributed by atoms with van der Waals surface area (Å²) in [7, 11) is -3.57. The summed E-state index contributed by atoms with van der Waals surface area (Å²) in [4.78, 5) is 4.48. The lowest BCUT2D eigenvalue weighted by Crippen LogP contribution is -2.28. The van der Waals surface area contributed by atoms with Crippen LogP contribution < -0.4 is 4.72 Å². The maximum atomic E-state index is 13.2. The van der Waals surface area contributed by atoms with Crippen molar-refractivity contribution in [1.29, 1.82) is 0 Å². The van der Waals surface area contributed by atoms with Crippen LogP contribution in [0.4, 0.5) is 0 Å². The molecule has 1 aromatic heterocycles. The maximum absolute atomic E-state index is 13.2. The van der Waals surface area contributed by atoms with Crippen LogP contribution in [0.3, 0.4) is 0 Å². The summed E-state index contributed by atoms with van der Waals surface area (Å²) in [6, 6.07) is 4.14. The molecule has 2 aromatic rings. The predicted octanol–water partition coefficient (Wildman–Crippen LogP) is 4.62. The molecule has 0 aliphatic heterocycles. The second kappa shape index (κ2) is 9.02. The van der Waals surface area contributed by atoms with Gasteiger partial charge in [-0.05, 0) is 40.9 Å². The maximum Gasteiger partial charge on any atom is 0.241 e. The lowest BCUT2D eigenvalue weighted by molar-refractivity contribution is 0.565. The van der Waals surface area contributed by atoms with E-state index in [1.165, 1.54) is 5.56 Å². The van der Waals surface area contributed by atoms with Crippen LogP contribution in [0.15, 0.2) is 35.7 Å². The van der Waals surface area contributed by atoms with Crippen LogP contribution in [0.2, 0.25) is 0 Å². The minimum atomic E-state index is -3.57. The van der Waals surface area contributed by atoms with Crippen molar-refractivity contribution in [2.24, 2.45) is 0 Å². The molecule has 0 spiro atoms. The van der Waals surface area contributed by atoms with Gasteiger partial charge in [0.2, 0.25) is 10.0 Å². The Balaban J connectivity index is 2.32. The fraction of sp³-hybridized carbons (Fsp3) is 0.571. The van der Waals surface area contributed by atoms with E-state index < -0.39 is 10.0 Å². The highest BCUT2D eigenvalue weighted by molar-refractivity contribution is 7.89. The molecule has 27 heavy (non-hydrogen) atoms. The van der Waals surface area contributed by atoms with Gasteiger partial charge in [-0.1, -0.05) is 53.7 Å². The quantitative estimate of drug-likeness (QED) is 0.634. The standard InChI is InChI=1S/C21H33N3O2S/c1-15(2)18-12-19(16(3)4)21(20(13-18)17(5)6)27(25,26)23-8-7-10-24-11-9-22-14-24/h9,11-17,23H,7-8,10H2,1-6H3. The molecule has 0 bridgehead atoms. The average molecular weight is 392 g/mol. The lowest BCUT2D eigenvalue weighted by Gasteiger charge is -2.23. The highest BCUT2D eigenvalue weighted by Gasteiger charge is 2.26. The van der Waals surface area contributed by atoms with E-state index in [9.17, 15) is 8.42 Å². The highest BCUT2D eigenvalue weighted by atomic mass is 32.2. The molecule has 1 aromatic carbocycles. The summed E-state index contributed by atoms with van der Waals surface area (Å²) < 4.78 is 31.2. The van der Waals surface area contributed by atoms with E-state index in [2.05, 4.69) is 63.4 Å². The van der Waals surface area contributed by atoms with Gasteiger partial charge >= 0.3 is 0 Å². The van der Waals surface area contributed by atoms with Crippen LogP contribution in [0.1, 0.15) is 82.4 Å². The number of aromatic nitrogens is 2. The summed E-state index contributed by atoms with van der Waals surface area (Å²) in [6.07, 6.45) is 6.07. The first kappa shape index (κ1) is 21.6. The summed E-state index contributed by atoms with van der Waals surface area (Å²) in [5.41, 5.74) is 3.01. The number of nitrogens with one attached hydrogen (secondary N) is 1. The number of nitrogens with zero attached hydrogens (tertiary/aromatic N) is 2. The van der Waals surface area contributed by atoms with Crippen LogP contribution in [-0.2, 0) is 16.6 Å². The summed E-state index contributed by atoms with van der Waals surface area (Å²) in [5, 5.41) is 0. The molecule has 0 aliphatic carbocycles. The molecule has 0 atom stereocenters. The zero-order valence-corrected chi connectivity index (χ0v) is 18.2. The number of hydrogen-bond donors (Lipinski definition) is 1. The zero-order chi connectivity index (χ0) is 20.2. The van der Waals surface area contributed by atoms with Crippen molar-refractivity contribution in [3.63, 3.8) is 0 Å². The first-order chi connectivity index (χ1) is 12.6. The van der Waals surface area contributed by atoms with Crippen molar-refractivity contribution >= 4 is 10.0 Å². The molecule has 0 saturated heterocycles. The Morgan fingerprint density at radius 3 is 2.04 bits per heavy atom. The highest BCUT2D eigenvalue weighted by Crippen LogP contribution is 2.34. The van der Waals surface area contributed by atoms with E-state index in [4.69, 9.17) is 0 Å². The smallest absolute Gasteiger partial charge is 0.241 e. The van der Waals surface area contributed by atoms with E-state index in [0.29, 0.717) is 23.8 Å². The molecule has 150 valence electrons. The predicted molar refractivity (Wildman–Crippen MR) is 111 cm³/mol. The van der Waals surface area contributed by atoms with Crippen LogP contribution in [0.5, 0.6) is 0 Å².